The molecule has 2 aromatic rings. The molecule has 2 aliphatic rings. The molecule has 3 nitrogen and oxygen atoms in total. The smallest absolute Gasteiger partial charge is 0.222 e. The summed E-state index contributed by atoms with van der Waals surface area (Å²) in [6, 6.07) is 12.8. The molecular weight excluding hydrogens is 340 g/mol. The lowest BCUT2D eigenvalue weighted by molar-refractivity contribution is -0.139. The Bertz CT molecular complexity index is 715. The van der Waals surface area contributed by atoms with Gasteiger partial charge < -0.3 is 4.90 Å². The largest absolute Gasteiger partial charge is 0.342 e. The molecule has 4 heteroatoms. The van der Waals surface area contributed by atoms with Gasteiger partial charge in [0.1, 0.15) is 0 Å². The van der Waals surface area contributed by atoms with Crippen molar-refractivity contribution in [3.05, 3.63) is 58.3 Å². The lowest BCUT2D eigenvalue weighted by Crippen LogP contribution is -2.54. The fraction of sp³-hybridized carbons (Fsp3) is 0.500. The van der Waals surface area contributed by atoms with Gasteiger partial charge in [-0.05, 0) is 60.2 Å². The number of likely N-dealkylation sites (tertiary alicyclic amines) is 2. The third-order valence-corrected chi connectivity index (χ3v) is 6.72. The Morgan fingerprint density at radius 2 is 1.92 bits per heavy atom. The predicted molar refractivity (Wildman–Crippen MR) is 107 cm³/mol. The first-order chi connectivity index (χ1) is 12.7. The molecule has 2 fully saturated rings. The van der Waals surface area contributed by atoms with Gasteiger partial charge in [0.2, 0.25) is 5.91 Å². The average Bonchev–Trinajstić information content (AvgIpc) is 3.17. The summed E-state index contributed by atoms with van der Waals surface area (Å²) in [6.45, 7) is 5.19. The van der Waals surface area contributed by atoms with Gasteiger partial charge in [0.05, 0.1) is 0 Å². The third kappa shape index (κ3) is 4.18. The van der Waals surface area contributed by atoms with Gasteiger partial charge in [-0.25, -0.2) is 0 Å². The van der Waals surface area contributed by atoms with Crippen LogP contribution >= 0.6 is 11.3 Å². The molecule has 2 aliphatic heterocycles. The molecule has 0 N–H and O–H groups in total. The predicted octanol–water partition coefficient (Wildman–Crippen LogP) is 4.20. The molecule has 0 radical (unpaired) electrons. The Hall–Kier alpha value is -1.65. The van der Waals surface area contributed by atoms with E-state index in [2.05, 4.69) is 57.0 Å². The van der Waals surface area contributed by atoms with Crippen LogP contribution in [0.5, 0.6) is 0 Å². The van der Waals surface area contributed by atoms with Crippen LogP contribution in [0.15, 0.2) is 47.2 Å². The van der Waals surface area contributed by atoms with E-state index < -0.39 is 0 Å². The second-order valence-corrected chi connectivity index (χ2v) is 8.78. The van der Waals surface area contributed by atoms with Gasteiger partial charge in [-0.2, -0.15) is 11.3 Å². The molecular formula is C22H28N2OS. The maximum absolute atomic E-state index is 12.5. The quantitative estimate of drug-likeness (QED) is 0.790. The number of hydrogen-bond acceptors (Lipinski definition) is 3. The van der Waals surface area contributed by atoms with Crippen LogP contribution in [0.25, 0.3) is 0 Å². The summed E-state index contributed by atoms with van der Waals surface area (Å²) in [5.74, 6) is 0.349. The Kier molecular flexibility index (Phi) is 5.41. The van der Waals surface area contributed by atoms with Crippen molar-refractivity contribution in [1.82, 2.24) is 9.80 Å². The summed E-state index contributed by atoms with van der Waals surface area (Å²) in [5.41, 5.74) is 3.06. The van der Waals surface area contributed by atoms with E-state index in [1.165, 1.54) is 30.5 Å². The summed E-state index contributed by atoms with van der Waals surface area (Å²) in [6.07, 6.45) is 5.27. The summed E-state index contributed by atoms with van der Waals surface area (Å²) in [5, 5.41) is 4.43. The van der Waals surface area contributed by atoms with Crippen molar-refractivity contribution in [3.8, 4) is 0 Å². The van der Waals surface area contributed by atoms with Crippen molar-refractivity contribution >= 4 is 17.2 Å². The molecule has 1 aromatic carbocycles. The second kappa shape index (κ2) is 7.93. The van der Waals surface area contributed by atoms with Gasteiger partial charge in [0.15, 0.2) is 0 Å². The molecule has 4 rings (SSSR count). The number of benzene rings is 1. The van der Waals surface area contributed by atoms with Crippen LogP contribution in [0.4, 0.5) is 0 Å². The van der Waals surface area contributed by atoms with Crippen LogP contribution in [0.2, 0.25) is 0 Å². The Morgan fingerprint density at radius 3 is 2.73 bits per heavy atom. The van der Waals surface area contributed by atoms with Gasteiger partial charge in [-0.3, -0.25) is 9.69 Å². The Labute approximate surface area is 160 Å². The van der Waals surface area contributed by atoms with Gasteiger partial charge >= 0.3 is 0 Å². The monoisotopic (exact) mass is 368 g/mol. The first-order valence-corrected chi connectivity index (χ1v) is 10.7. The zero-order valence-corrected chi connectivity index (χ0v) is 16.2. The lowest BCUT2D eigenvalue weighted by atomic mass is 9.73. The fourth-order valence-corrected chi connectivity index (χ4v) is 5.29. The third-order valence-electron chi connectivity index (χ3n) is 5.99. The molecule has 0 unspecified atom stereocenters. The van der Waals surface area contributed by atoms with Crippen molar-refractivity contribution in [2.45, 2.75) is 38.6 Å². The topological polar surface area (TPSA) is 23.6 Å². The summed E-state index contributed by atoms with van der Waals surface area (Å²) < 4.78 is 0. The molecule has 1 spiro atoms. The van der Waals surface area contributed by atoms with Crippen molar-refractivity contribution < 1.29 is 4.79 Å². The summed E-state index contributed by atoms with van der Waals surface area (Å²) in [7, 11) is 0. The van der Waals surface area contributed by atoms with Gasteiger partial charge in [-0.1, -0.05) is 30.3 Å². The number of thiophene rings is 1. The number of amides is 1. The highest BCUT2D eigenvalue weighted by molar-refractivity contribution is 7.07. The lowest BCUT2D eigenvalue weighted by Gasteiger charge is -2.48. The Balaban J connectivity index is 1.38. The Morgan fingerprint density at radius 1 is 1.04 bits per heavy atom. The molecule has 0 saturated carbocycles. The van der Waals surface area contributed by atoms with Crippen LogP contribution in [-0.4, -0.2) is 41.9 Å². The van der Waals surface area contributed by atoms with Crippen molar-refractivity contribution in [3.63, 3.8) is 0 Å². The molecule has 138 valence electrons. The minimum Gasteiger partial charge on any atom is -0.342 e. The van der Waals surface area contributed by atoms with Crippen LogP contribution in [0.1, 0.15) is 36.8 Å². The molecule has 3 heterocycles. The molecule has 0 bridgehead atoms. The average molecular weight is 369 g/mol. The first kappa shape index (κ1) is 17.7. The van der Waals surface area contributed by atoms with E-state index in [-0.39, 0.29) is 0 Å². The zero-order chi connectivity index (χ0) is 17.8. The highest BCUT2D eigenvalue weighted by Gasteiger charge is 2.41. The highest BCUT2D eigenvalue weighted by atomic mass is 32.1. The van der Waals surface area contributed by atoms with Gasteiger partial charge in [0.25, 0.3) is 0 Å². The normalized spacial score (nSPS) is 24.3. The zero-order valence-electron chi connectivity index (χ0n) is 15.4. The second-order valence-electron chi connectivity index (χ2n) is 8.00. The van der Waals surface area contributed by atoms with E-state index in [1.54, 1.807) is 11.3 Å². The minimum atomic E-state index is 0.304. The van der Waals surface area contributed by atoms with E-state index in [0.29, 0.717) is 11.3 Å². The number of piperidine rings is 2. The highest BCUT2D eigenvalue weighted by Crippen LogP contribution is 2.39. The SMILES string of the molecule is O=C1CC[C@@]2(CCCN(Cc3ccsc3)C2)CN1CCc1ccccc1. The van der Waals surface area contributed by atoms with Crippen LogP contribution in [-0.2, 0) is 17.8 Å². The van der Waals surface area contributed by atoms with Crippen molar-refractivity contribution in [2.75, 3.05) is 26.2 Å². The molecule has 1 atom stereocenters. The van der Waals surface area contributed by atoms with Crippen molar-refractivity contribution in [2.24, 2.45) is 5.41 Å². The number of hydrogen-bond donors (Lipinski definition) is 0. The fourth-order valence-electron chi connectivity index (χ4n) is 4.63. The van der Waals surface area contributed by atoms with Crippen LogP contribution in [0.3, 0.4) is 0 Å². The van der Waals surface area contributed by atoms with Crippen LogP contribution in [0, 0.1) is 5.41 Å². The molecule has 2 saturated heterocycles. The number of carbonyl (C=O) groups is 1. The minimum absolute atomic E-state index is 0.304. The van der Waals surface area contributed by atoms with Gasteiger partial charge in [0, 0.05) is 38.0 Å². The van der Waals surface area contributed by atoms with E-state index in [0.717, 1.165) is 45.4 Å². The van der Waals surface area contributed by atoms with Gasteiger partial charge in [-0.15, -0.1) is 0 Å². The molecule has 26 heavy (non-hydrogen) atoms. The molecule has 0 aliphatic carbocycles. The summed E-state index contributed by atoms with van der Waals surface area (Å²) >= 11 is 1.78. The van der Waals surface area contributed by atoms with E-state index in [1.807, 2.05) is 0 Å². The first-order valence-electron chi connectivity index (χ1n) is 9.78. The van der Waals surface area contributed by atoms with E-state index in [4.69, 9.17) is 0 Å². The maximum atomic E-state index is 12.5. The van der Waals surface area contributed by atoms with Crippen LogP contribution < -0.4 is 0 Å². The summed E-state index contributed by atoms with van der Waals surface area (Å²) in [4.78, 5) is 17.2. The number of carbonyl (C=O) groups excluding carboxylic acids is 1. The maximum Gasteiger partial charge on any atom is 0.222 e. The van der Waals surface area contributed by atoms with Crippen molar-refractivity contribution in [1.29, 1.82) is 0 Å². The van der Waals surface area contributed by atoms with E-state index >= 15 is 0 Å². The molecule has 1 amide bonds. The standard InChI is InChI=1S/C22H28N2OS/c25-21-7-11-22(18-24(21)13-8-19-5-2-1-3-6-19)10-4-12-23(17-22)15-20-9-14-26-16-20/h1-3,5-6,9,14,16H,4,7-8,10-13,15,17-18H2/t22-/m1/s1. The molecule has 1 aromatic heterocycles. The number of rotatable bonds is 5. The number of nitrogens with zero attached hydrogens (tertiary/aromatic N) is 2. The van der Waals surface area contributed by atoms with E-state index in [9.17, 15) is 4.79 Å².